The molecule has 5 heteroatoms. The predicted molar refractivity (Wildman–Crippen MR) is 116 cm³/mol. The Kier molecular flexibility index (Phi) is 5.60. The van der Waals surface area contributed by atoms with Crippen molar-refractivity contribution >= 4 is 23.5 Å². The van der Waals surface area contributed by atoms with E-state index in [9.17, 15) is 9.18 Å². The van der Waals surface area contributed by atoms with Crippen LogP contribution in [0.25, 0.3) is 6.08 Å². The second-order valence-electron chi connectivity index (χ2n) is 7.12. The maximum atomic E-state index is 13.2. The maximum Gasteiger partial charge on any atom is 0.231 e. The molecule has 0 aliphatic carbocycles. The highest BCUT2D eigenvalue weighted by atomic mass is 35.5. The highest BCUT2D eigenvalue weighted by Gasteiger charge is 2.30. The van der Waals surface area contributed by atoms with Gasteiger partial charge in [0.25, 0.3) is 0 Å². The van der Waals surface area contributed by atoms with Crippen molar-refractivity contribution < 1.29 is 18.7 Å². The van der Waals surface area contributed by atoms with Gasteiger partial charge in [-0.05, 0) is 54.8 Å². The molecule has 0 radical (unpaired) electrons. The third-order valence-corrected chi connectivity index (χ3v) is 5.47. The largest absolute Gasteiger partial charge is 0.488 e. The second kappa shape index (κ2) is 8.33. The smallest absolute Gasteiger partial charge is 0.231 e. The van der Waals surface area contributed by atoms with Crippen molar-refractivity contribution in [1.29, 1.82) is 0 Å². The molecule has 1 aliphatic heterocycles. The standard InChI is InChI=1S/C25H20ClFO3/c1-3-16-4-6-17(7-5-16)12-23-24(28)20-10-11-22(15(2)25(20)30-23)29-14-18-8-9-19(27)13-21(18)26/h4-13H,3,14H2,1-2H3/b23-12-. The molecule has 0 atom stereocenters. The van der Waals surface area contributed by atoms with Gasteiger partial charge in [0.05, 0.1) is 10.6 Å². The number of ether oxygens (including phenoxy) is 2. The van der Waals surface area contributed by atoms with E-state index in [-0.39, 0.29) is 18.1 Å². The molecule has 3 nitrogen and oxygen atoms in total. The van der Waals surface area contributed by atoms with Crippen molar-refractivity contribution in [2.45, 2.75) is 26.9 Å². The van der Waals surface area contributed by atoms with Gasteiger partial charge in [0, 0.05) is 11.1 Å². The molecule has 0 saturated heterocycles. The molecule has 3 aromatic rings. The zero-order valence-electron chi connectivity index (χ0n) is 16.7. The zero-order chi connectivity index (χ0) is 21.3. The number of Topliss-reactive ketones (excluding diaryl/α,β-unsaturated/α-hetero) is 1. The third kappa shape index (κ3) is 3.96. The summed E-state index contributed by atoms with van der Waals surface area (Å²) in [6.07, 6.45) is 2.71. The van der Waals surface area contributed by atoms with Crippen LogP contribution < -0.4 is 9.47 Å². The van der Waals surface area contributed by atoms with Gasteiger partial charge in [-0.1, -0.05) is 48.9 Å². The van der Waals surface area contributed by atoms with E-state index in [1.54, 1.807) is 24.3 Å². The van der Waals surface area contributed by atoms with E-state index in [1.165, 1.54) is 17.7 Å². The molecule has 1 aliphatic rings. The van der Waals surface area contributed by atoms with E-state index < -0.39 is 5.82 Å². The van der Waals surface area contributed by atoms with Crippen LogP contribution in [0.15, 0.2) is 60.4 Å². The summed E-state index contributed by atoms with van der Waals surface area (Å²) in [4.78, 5) is 12.8. The monoisotopic (exact) mass is 422 g/mol. The van der Waals surface area contributed by atoms with Gasteiger partial charge in [0.1, 0.15) is 23.9 Å². The summed E-state index contributed by atoms with van der Waals surface area (Å²) in [6.45, 7) is 4.12. The Balaban J connectivity index is 1.55. The molecule has 0 bridgehead atoms. The van der Waals surface area contributed by atoms with Crippen molar-refractivity contribution in [3.05, 3.63) is 99.0 Å². The molecule has 0 spiro atoms. The van der Waals surface area contributed by atoms with E-state index >= 15 is 0 Å². The van der Waals surface area contributed by atoms with Gasteiger partial charge >= 0.3 is 0 Å². The normalized spacial score (nSPS) is 14.0. The molecule has 0 aromatic heterocycles. The lowest BCUT2D eigenvalue weighted by Gasteiger charge is -2.12. The molecular weight excluding hydrogens is 403 g/mol. The molecule has 3 aromatic carbocycles. The number of benzene rings is 3. The topological polar surface area (TPSA) is 35.5 Å². The number of allylic oxidation sites excluding steroid dienone is 1. The first-order chi connectivity index (χ1) is 14.5. The van der Waals surface area contributed by atoms with E-state index in [2.05, 4.69) is 6.92 Å². The Morgan fingerprint density at radius 1 is 1.10 bits per heavy atom. The first-order valence-electron chi connectivity index (χ1n) is 9.69. The number of carbonyl (C=O) groups excluding carboxylic acids is 1. The Bertz CT molecular complexity index is 1150. The van der Waals surface area contributed by atoms with Crippen molar-refractivity contribution in [3.63, 3.8) is 0 Å². The van der Waals surface area contributed by atoms with Crippen LogP contribution in [0.4, 0.5) is 4.39 Å². The minimum absolute atomic E-state index is 0.152. The summed E-state index contributed by atoms with van der Waals surface area (Å²) in [5.74, 6) is 0.819. The molecular formula is C25H20ClFO3. The number of rotatable bonds is 5. The minimum atomic E-state index is -0.395. The quantitative estimate of drug-likeness (QED) is 0.437. The number of fused-ring (bicyclic) bond motifs is 1. The molecule has 152 valence electrons. The lowest BCUT2D eigenvalue weighted by Crippen LogP contribution is -1.99. The number of hydrogen-bond acceptors (Lipinski definition) is 3. The number of aryl methyl sites for hydroxylation is 1. The van der Waals surface area contributed by atoms with Crippen molar-refractivity contribution in [2.75, 3.05) is 0 Å². The van der Waals surface area contributed by atoms with Gasteiger partial charge in [0.15, 0.2) is 5.76 Å². The van der Waals surface area contributed by atoms with Crippen LogP contribution in [0.3, 0.4) is 0 Å². The molecule has 0 saturated carbocycles. The second-order valence-corrected chi connectivity index (χ2v) is 7.53. The Hall–Kier alpha value is -3.11. The fourth-order valence-electron chi connectivity index (χ4n) is 3.32. The fourth-order valence-corrected chi connectivity index (χ4v) is 3.54. The van der Waals surface area contributed by atoms with Crippen LogP contribution in [0.2, 0.25) is 5.02 Å². The predicted octanol–water partition coefficient (Wildman–Crippen LogP) is 6.55. The number of ketones is 1. The van der Waals surface area contributed by atoms with Gasteiger partial charge in [0.2, 0.25) is 5.78 Å². The van der Waals surface area contributed by atoms with E-state index in [0.717, 1.165) is 17.5 Å². The molecule has 0 amide bonds. The highest BCUT2D eigenvalue weighted by Crippen LogP contribution is 2.39. The Labute approximate surface area is 179 Å². The van der Waals surface area contributed by atoms with Crippen LogP contribution in [0, 0.1) is 12.7 Å². The summed E-state index contributed by atoms with van der Waals surface area (Å²) >= 11 is 6.07. The Morgan fingerprint density at radius 3 is 2.57 bits per heavy atom. The molecule has 0 unspecified atom stereocenters. The summed E-state index contributed by atoms with van der Waals surface area (Å²) in [7, 11) is 0. The van der Waals surface area contributed by atoms with Gasteiger partial charge < -0.3 is 9.47 Å². The lowest BCUT2D eigenvalue weighted by atomic mass is 10.0. The zero-order valence-corrected chi connectivity index (χ0v) is 17.4. The van der Waals surface area contributed by atoms with Crippen molar-refractivity contribution in [1.82, 2.24) is 0 Å². The average Bonchev–Trinajstić information content (AvgIpc) is 3.05. The van der Waals surface area contributed by atoms with Crippen molar-refractivity contribution in [2.24, 2.45) is 0 Å². The summed E-state index contributed by atoms with van der Waals surface area (Å²) in [6, 6.07) is 15.6. The number of hydrogen-bond donors (Lipinski definition) is 0. The van der Waals surface area contributed by atoms with Crippen LogP contribution in [-0.4, -0.2) is 5.78 Å². The summed E-state index contributed by atoms with van der Waals surface area (Å²) < 4.78 is 25.0. The first-order valence-corrected chi connectivity index (χ1v) is 10.1. The Morgan fingerprint density at radius 2 is 1.87 bits per heavy atom. The SMILES string of the molecule is CCc1ccc(/C=C2\Oc3c(ccc(OCc4ccc(F)cc4Cl)c3C)C2=O)cc1. The van der Waals surface area contributed by atoms with Crippen LogP contribution in [0.5, 0.6) is 11.5 Å². The van der Waals surface area contributed by atoms with Crippen LogP contribution in [-0.2, 0) is 13.0 Å². The van der Waals surface area contributed by atoms with Crippen LogP contribution >= 0.6 is 11.6 Å². The van der Waals surface area contributed by atoms with E-state index in [1.807, 2.05) is 31.2 Å². The number of carbonyl (C=O) groups is 1. The van der Waals surface area contributed by atoms with Gasteiger partial charge in [-0.15, -0.1) is 0 Å². The molecule has 0 N–H and O–H groups in total. The fraction of sp³-hybridized carbons (Fsp3) is 0.160. The number of halogens is 2. The molecule has 30 heavy (non-hydrogen) atoms. The van der Waals surface area contributed by atoms with Crippen molar-refractivity contribution in [3.8, 4) is 11.5 Å². The molecule has 4 rings (SSSR count). The average molecular weight is 423 g/mol. The maximum absolute atomic E-state index is 13.2. The minimum Gasteiger partial charge on any atom is -0.488 e. The lowest BCUT2D eigenvalue weighted by molar-refractivity contribution is 0.101. The van der Waals surface area contributed by atoms with Gasteiger partial charge in [-0.3, -0.25) is 4.79 Å². The molecule has 0 fully saturated rings. The highest BCUT2D eigenvalue weighted by molar-refractivity contribution is 6.31. The van der Waals surface area contributed by atoms with Crippen LogP contribution in [0.1, 0.15) is 39.5 Å². The van der Waals surface area contributed by atoms with E-state index in [4.69, 9.17) is 21.1 Å². The van der Waals surface area contributed by atoms with Gasteiger partial charge in [-0.2, -0.15) is 0 Å². The summed E-state index contributed by atoms with van der Waals surface area (Å²) in [5.41, 5.74) is 4.05. The first kappa shape index (κ1) is 20.2. The molecule has 1 heterocycles. The van der Waals surface area contributed by atoms with Gasteiger partial charge in [-0.25, -0.2) is 4.39 Å². The summed E-state index contributed by atoms with van der Waals surface area (Å²) in [5, 5.41) is 0.305. The third-order valence-electron chi connectivity index (χ3n) is 5.12. The van der Waals surface area contributed by atoms with E-state index in [0.29, 0.717) is 27.6 Å².